The molecule has 0 spiro atoms. The van der Waals surface area contributed by atoms with E-state index in [1.807, 2.05) is 19.0 Å². The Hall–Kier alpha value is -3.51. The number of aromatic nitrogens is 1. The standard InChI is InChI=1S/C24H29FN4O6S/c1-14(2)36(32,33)27-22-21(25)15(9-10-26-22)11-18-19(13-28(3)4)17-8-7-16(34-24(31)29(5)6)12-20(17)35-23(18)30/h7-10,12,14H,11,13H2,1-6H3,(H,26,27). The van der Waals surface area contributed by atoms with Gasteiger partial charge in [0.1, 0.15) is 11.3 Å². The van der Waals surface area contributed by atoms with Crippen LogP contribution in [0.1, 0.15) is 30.5 Å². The summed E-state index contributed by atoms with van der Waals surface area (Å²) in [7, 11) is 2.91. The van der Waals surface area contributed by atoms with Crippen LogP contribution < -0.4 is 15.1 Å². The van der Waals surface area contributed by atoms with Crippen molar-refractivity contribution in [3.63, 3.8) is 0 Å². The highest BCUT2D eigenvalue weighted by Crippen LogP contribution is 2.28. The summed E-state index contributed by atoms with van der Waals surface area (Å²) in [5, 5.41) is -0.193. The number of hydrogen-bond acceptors (Lipinski definition) is 8. The molecule has 1 amide bonds. The van der Waals surface area contributed by atoms with Crippen molar-refractivity contribution >= 4 is 32.9 Å². The molecular formula is C24H29FN4O6S. The Morgan fingerprint density at radius 3 is 2.47 bits per heavy atom. The third-order valence-electron chi connectivity index (χ3n) is 5.33. The van der Waals surface area contributed by atoms with E-state index in [1.165, 1.54) is 37.1 Å². The molecule has 0 unspecified atom stereocenters. The third-order valence-corrected chi connectivity index (χ3v) is 7.05. The Kier molecular flexibility index (Phi) is 7.99. The maximum absolute atomic E-state index is 15.2. The number of anilines is 1. The van der Waals surface area contributed by atoms with Gasteiger partial charge >= 0.3 is 11.7 Å². The molecule has 0 bridgehead atoms. The third kappa shape index (κ3) is 6.00. The van der Waals surface area contributed by atoms with E-state index >= 15 is 4.39 Å². The van der Waals surface area contributed by atoms with E-state index < -0.39 is 38.6 Å². The van der Waals surface area contributed by atoms with Crippen LogP contribution in [0, 0.1) is 5.82 Å². The van der Waals surface area contributed by atoms with Gasteiger partial charge in [0, 0.05) is 50.3 Å². The average Bonchev–Trinajstić information content (AvgIpc) is 2.77. The van der Waals surface area contributed by atoms with E-state index in [0.717, 1.165) is 0 Å². The van der Waals surface area contributed by atoms with Gasteiger partial charge in [-0.25, -0.2) is 27.4 Å². The van der Waals surface area contributed by atoms with Crippen molar-refractivity contribution in [1.82, 2.24) is 14.8 Å². The Bertz CT molecular complexity index is 1450. The van der Waals surface area contributed by atoms with Crippen molar-refractivity contribution in [2.24, 2.45) is 0 Å². The first-order chi connectivity index (χ1) is 16.8. The van der Waals surface area contributed by atoms with Gasteiger partial charge in [-0.3, -0.25) is 4.72 Å². The average molecular weight is 521 g/mol. The van der Waals surface area contributed by atoms with E-state index in [9.17, 15) is 18.0 Å². The minimum atomic E-state index is -3.82. The maximum Gasteiger partial charge on any atom is 0.414 e. The highest BCUT2D eigenvalue weighted by molar-refractivity contribution is 7.93. The van der Waals surface area contributed by atoms with Crippen molar-refractivity contribution in [3.8, 4) is 5.75 Å². The second-order valence-electron chi connectivity index (χ2n) is 9.01. The lowest BCUT2D eigenvalue weighted by molar-refractivity contribution is 0.172. The Morgan fingerprint density at radius 2 is 1.86 bits per heavy atom. The van der Waals surface area contributed by atoms with Crippen LogP contribution in [0.25, 0.3) is 11.0 Å². The van der Waals surface area contributed by atoms with Gasteiger partial charge in [0.2, 0.25) is 10.0 Å². The van der Waals surface area contributed by atoms with E-state index in [1.54, 1.807) is 26.2 Å². The number of benzene rings is 1. The van der Waals surface area contributed by atoms with Gasteiger partial charge in [0.25, 0.3) is 0 Å². The second kappa shape index (κ2) is 10.6. The van der Waals surface area contributed by atoms with Crippen LogP contribution >= 0.6 is 0 Å². The van der Waals surface area contributed by atoms with Gasteiger partial charge in [-0.05, 0) is 57.3 Å². The fraction of sp³-hybridized carbons (Fsp3) is 0.375. The van der Waals surface area contributed by atoms with Crippen molar-refractivity contribution in [2.45, 2.75) is 32.1 Å². The lowest BCUT2D eigenvalue weighted by Crippen LogP contribution is -2.25. The highest BCUT2D eigenvalue weighted by Gasteiger charge is 2.22. The predicted molar refractivity (Wildman–Crippen MR) is 134 cm³/mol. The minimum Gasteiger partial charge on any atom is -0.422 e. The monoisotopic (exact) mass is 520 g/mol. The summed E-state index contributed by atoms with van der Waals surface area (Å²) in [6.07, 6.45) is 0.540. The topological polar surface area (TPSA) is 122 Å². The molecule has 0 saturated carbocycles. The van der Waals surface area contributed by atoms with Crippen LogP contribution in [0.15, 0.2) is 39.7 Å². The van der Waals surface area contributed by atoms with Gasteiger partial charge in [0.15, 0.2) is 11.6 Å². The largest absolute Gasteiger partial charge is 0.422 e. The second-order valence-corrected chi connectivity index (χ2v) is 11.2. The van der Waals surface area contributed by atoms with Gasteiger partial charge < -0.3 is 19.0 Å². The Balaban J connectivity index is 2.09. The normalized spacial score (nSPS) is 11.8. The molecule has 36 heavy (non-hydrogen) atoms. The number of pyridine rings is 1. The minimum absolute atomic E-state index is 0.0784. The molecule has 0 aliphatic heterocycles. The van der Waals surface area contributed by atoms with Crippen LogP contribution in [-0.2, 0) is 23.0 Å². The van der Waals surface area contributed by atoms with Crippen LogP contribution in [0.2, 0.25) is 0 Å². The summed E-state index contributed by atoms with van der Waals surface area (Å²) in [6.45, 7) is 3.27. The molecule has 1 aromatic carbocycles. The van der Waals surface area contributed by atoms with Crippen LogP contribution in [0.4, 0.5) is 15.0 Å². The molecule has 0 aliphatic carbocycles. The molecule has 0 radical (unpaired) electrons. The molecule has 3 aromatic rings. The zero-order chi connectivity index (χ0) is 26.8. The number of carbonyl (C=O) groups excluding carboxylic acids is 1. The lowest BCUT2D eigenvalue weighted by atomic mass is 9.98. The van der Waals surface area contributed by atoms with Gasteiger partial charge in [-0.15, -0.1) is 0 Å². The zero-order valence-electron chi connectivity index (χ0n) is 21.0. The number of amides is 1. The van der Waals surface area contributed by atoms with Gasteiger partial charge in [-0.1, -0.05) is 0 Å². The van der Waals surface area contributed by atoms with E-state index in [0.29, 0.717) is 17.5 Å². The molecule has 3 rings (SSSR count). The first kappa shape index (κ1) is 27.1. The number of fused-ring (bicyclic) bond motifs is 1. The smallest absolute Gasteiger partial charge is 0.414 e. The number of nitrogens with one attached hydrogen (secondary N) is 1. The molecule has 194 valence electrons. The van der Waals surface area contributed by atoms with Crippen molar-refractivity contribution < 1.29 is 26.8 Å². The summed E-state index contributed by atoms with van der Waals surface area (Å²) in [4.78, 5) is 31.9. The molecule has 0 atom stereocenters. The SMILES string of the molecule is CC(C)S(=O)(=O)Nc1nccc(Cc2c(CN(C)C)c3ccc(OC(=O)N(C)C)cc3oc2=O)c1F. The summed E-state index contributed by atoms with van der Waals surface area (Å²) in [5.74, 6) is -1.11. The molecule has 0 fully saturated rings. The van der Waals surface area contributed by atoms with Crippen molar-refractivity contribution in [2.75, 3.05) is 32.9 Å². The van der Waals surface area contributed by atoms with Crippen molar-refractivity contribution in [1.29, 1.82) is 0 Å². The summed E-state index contributed by atoms with van der Waals surface area (Å²) < 4.78 is 52.6. The lowest BCUT2D eigenvalue weighted by Gasteiger charge is -2.17. The molecule has 1 N–H and O–H groups in total. The molecule has 12 heteroatoms. The fourth-order valence-electron chi connectivity index (χ4n) is 3.35. The summed E-state index contributed by atoms with van der Waals surface area (Å²) >= 11 is 0. The summed E-state index contributed by atoms with van der Waals surface area (Å²) in [5.41, 5.74) is 0.435. The number of hydrogen-bond donors (Lipinski definition) is 1. The summed E-state index contributed by atoms with van der Waals surface area (Å²) in [6, 6.07) is 6.09. The molecule has 2 heterocycles. The molecule has 2 aromatic heterocycles. The van der Waals surface area contributed by atoms with Gasteiger partial charge in [-0.2, -0.15) is 0 Å². The van der Waals surface area contributed by atoms with E-state index in [2.05, 4.69) is 9.71 Å². The Labute approximate surface area is 208 Å². The number of carbonyl (C=O) groups is 1. The Morgan fingerprint density at radius 1 is 1.17 bits per heavy atom. The molecule has 10 nitrogen and oxygen atoms in total. The van der Waals surface area contributed by atoms with Crippen LogP contribution in [-0.4, -0.2) is 62.7 Å². The van der Waals surface area contributed by atoms with Crippen LogP contribution in [0.5, 0.6) is 5.75 Å². The number of sulfonamides is 1. The maximum atomic E-state index is 15.2. The van der Waals surface area contributed by atoms with Crippen LogP contribution in [0.3, 0.4) is 0 Å². The fourth-order valence-corrected chi connectivity index (χ4v) is 4.00. The molecular weight excluding hydrogens is 491 g/mol. The predicted octanol–water partition coefficient (Wildman–Crippen LogP) is 3.19. The number of halogens is 1. The molecule has 0 saturated heterocycles. The number of nitrogens with zero attached hydrogens (tertiary/aromatic N) is 3. The zero-order valence-corrected chi connectivity index (χ0v) is 21.8. The van der Waals surface area contributed by atoms with E-state index in [4.69, 9.17) is 9.15 Å². The highest BCUT2D eigenvalue weighted by atomic mass is 32.2. The first-order valence-electron chi connectivity index (χ1n) is 11.1. The quantitative estimate of drug-likeness (QED) is 0.450. The number of rotatable bonds is 8. The first-order valence-corrected chi connectivity index (χ1v) is 12.6. The van der Waals surface area contributed by atoms with E-state index in [-0.39, 0.29) is 28.9 Å². The molecule has 0 aliphatic rings. The van der Waals surface area contributed by atoms with Gasteiger partial charge in [0.05, 0.1) is 5.25 Å². The van der Waals surface area contributed by atoms with Crippen molar-refractivity contribution in [3.05, 3.63) is 63.4 Å². The number of ether oxygens (including phenoxy) is 1.